The quantitative estimate of drug-likeness (QED) is 0.874. The lowest BCUT2D eigenvalue weighted by Crippen LogP contribution is -2.08. The Labute approximate surface area is 98.7 Å². The lowest BCUT2D eigenvalue weighted by atomic mass is 10.2. The van der Waals surface area contributed by atoms with Crippen molar-refractivity contribution in [3.05, 3.63) is 15.1 Å². The summed E-state index contributed by atoms with van der Waals surface area (Å²) in [6.07, 6.45) is 2.06. The normalized spacial score (nSPS) is 10.9. The molecule has 1 heterocycles. The van der Waals surface area contributed by atoms with Gasteiger partial charge in [-0.1, -0.05) is 27.2 Å². The number of nitrogens with two attached hydrogens (primary N) is 1. The number of nitrogen functional groups attached to an aromatic ring is 1. The zero-order chi connectivity index (χ0) is 10.7. The molecule has 0 atom stereocenters. The Hall–Kier alpha value is -0.390. The van der Waals surface area contributed by atoms with Gasteiger partial charge >= 0.3 is 0 Å². The largest absolute Gasteiger partial charge is 0.383 e. The van der Waals surface area contributed by atoms with Crippen LogP contribution in [0.25, 0.3) is 0 Å². The lowest BCUT2D eigenvalue weighted by molar-refractivity contribution is 0.747. The minimum atomic E-state index is 0.338. The molecule has 3 nitrogen and oxygen atoms in total. The smallest absolute Gasteiger partial charge is 0.140 e. The van der Waals surface area contributed by atoms with Gasteiger partial charge in [0.05, 0.1) is 9.26 Å². The number of aryl methyl sites for hydroxylation is 1. The zero-order valence-corrected chi connectivity index (χ0v) is 11.0. The third kappa shape index (κ3) is 2.56. The van der Waals surface area contributed by atoms with E-state index in [9.17, 15) is 0 Å². The van der Waals surface area contributed by atoms with Gasteiger partial charge in [-0.15, -0.1) is 0 Å². The number of hydrogen-bond acceptors (Lipinski definition) is 3. The molecule has 0 unspecified atom stereocenters. The van der Waals surface area contributed by atoms with Crippen molar-refractivity contribution >= 4 is 28.4 Å². The second-order valence-electron chi connectivity index (χ2n) is 3.63. The standard InChI is InChI=1S/C10H16IN3/c1-4-5-7-8(11)9(12)14-10(13-7)6(2)3/h6H,4-5H2,1-3H3,(H2,12,13,14). The zero-order valence-electron chi connectivity index (χ0n) is 8.84. The predicted octanol–water partition coefficient (Wildman–Crippen LogP) is 2.74. The minimum absolute atomic E-state index is 0.338. The summed E-state index contributed by atoms with van der Waals surface area (Å²) in [5.74, 6) is 1.81. The first-order chi connectivity index (χ1) is 6.56. The van der Waals surface area contributed by atoms with Crippen LogP contribution < -0.4 is 5.73 Å². The van der Waals surface area contributed by atoms with Crippen LogP contribution in [-0.4, -0.2) is 9.97 Å². The SMILES string of the molecule is CCCc1nc(C(C)C)nc(N)c1I. The number of hydrogen-bond donors (Lipinski definition) is 1. The number of rotatable bonds is 3. The molecule has 1 rings (SSSR count). The molecule has 0 bridgehead atoms. The minimum Gasteiger partial charge on any atom is -0.383 e. The molecule has 14 heavy (non-hydrogen) atoms. The van der Waals surface area contributed by atoms with Crippen LogP contribution >= 0.6 is 22.6 Å². The van der Waals surface area contributed by atoms with E-state index < -0.39 is 0 Å². The summed E-state index contributed by atoms with van der Waals surface area (Å²) in [6, 6.07) is 0. The fourth-order valence-electron chi connectivity index (χ4n) is 1.19. The third-order valence-corrected chi connectivity index (χ3v) is 3.14. The summed E-state index contributed by atoms with van der Waals surface area (Å²) >= 11 is 2.22. The summed E-state index contributed by atoms with van der Waals surface area (Å²) < 4.78 is 1.01. The second-order valence-corrected chi connectivity index (χ2v) is 4.71. The summed E-state index contributed by atoms with van der Waals surface area (Å²) in [5.41, 5.74) is 6.92. The highest BCUT2D eigenvalue weighted by Crippen LogP contribution is 2.20. The number of aromatic nitrogens is 2. The predicted molar refractivity (Wildman–Crippen MR) is 67.2 cm³/mol. The highest BCUT2D eigenvalue weighted by molar-refractivity contribution is 14.1. The molecule has 0 saturated carbocycles. The lowest BCUT2D eigenvalue weighted by Gasteiger charge is -2.09. The number of anilines is 1. The van der Waals surface area contributed by atoms with E-state index in [0.29, 0.717) is 11.7 Å². The van der Waals surface area contributed by atoms with Gasteiger partial charge < -0.3 is 5.73 Å². The van der Waals surface area contributed by atoms with E-state index in [1.165, 1.54) is 0 Å². The molecule has 4 heteroatoms. The molecule has 0 spiro atoms. The van der Waals surface area contributed by atoms with Crippen molar-refractivity contribution in [2.45, 2.75) is 39.5 Å². The van der Waals surface area contributed by atoms with Gasteiger partial charge in [-0.05, 0) is 29.0 Å². The second kappa shape index (κ2) is 4.91. The summed E-state index contributed by atoms with van der Waals surface area (Å²) in [4.78, 5) is 8.80. The van der Waals surface area contributed by atoms with Gasteiger partial charge in [-0.25, -0.2) is 9.97 Å². The van der Waals surface area contributed by atoms with Crippen molar-refractivity contribution in [2.24, 2.45) is 0 Å². The Morgan fingerprint density at radius 3 is 2.50 bits per heavy atom. The molecular formula is C10H16IN3. The first-order valence-electron chi connectivity index (χ1n) is 4.88. The molecule has 2 N–H and O–H groups in total. The summed E-state index contributed by atoms with van der Waals surface area (Å²) in [5, 5.41) is 0. The molecule has 0 aromatic carbocycles. The van der Waals surface area contributed by atoms with Crippen molar-refractivity contribution in [2.75, 3.05) is 5.73 Å². The van der Waals surface area contributed by atoms with Crippen LogP contribution in [-0.2, 0) is 6.42 Å². The third-order valence-electron chi connectivity index (χ3n) is 1.97. The van der Waals surface area contributed by atoms with Crippen molar-refractivity contribution in [1.29, 1.82) is 0 Å². The van der Waals surface area contributed by atoms with Crippen LogP contribution in [0.15, 0.2) is 0 Å². The maximum atomic E-state index is 5.83. The van der Waals surface area contributed by atoms with Crippen LogP contribution in [0.5, 0.6) is 0 Å². The summed E-state index contributed by atoms with van der Waals surface area (Å²) in [6.45, 7) is 6.30. The molecule has 1 aromatic heterocycles. The molecule has 0 amide bonds. The average molecular weight is 305 g/mol. The fraction of sp³-hybridized carbons (Fsp3) is 0.600. The monoisotopic (exact) mass is 305 g/mol. The van der Waals surface area contributed by atoms with Gasteiger partial charge in [-0.2, -0.15) is 0 Å². The van der Waals surface area contributed by atoms with Crippen molar-refractivity contribution < 1.29 is 0 Å². The highest BCUT2D eigenvalue weighted by Gasteiger charge is 2.11. The molecule has 0 fully saturated rings. The van der Waals surface area contributed by atoms with Gasteiger partial charge in [-0.3, -0.25) is 0 Å². The Balaban J connectivity index is 3.14. The molecule has 78 valence electrons. The molecule has 0 aliphatic heterocycles. The Morgan fingerprint density at radius 2 is 2.00 bits per heavy atom. The van der Waals surface area contributed by atoms with Gasteiger partial charge in [0.2, 0.25) is 0 Å². The van der Waals surface area contributed by atoms with Crippen LogP contribution in [0, 0.1) is 3.57 Å². The molecule has 1 aromatic rings. The summed E-state index contributed by atoms with van der Waals surface area (Å²) in [7, 11) is 0. The Kier molecular flexibility index (Phi) is 4.10. The molecule has 0 aliphatic rings. The molecular weight excluding hydrogens is 289 g/mol. The highest BCUT2D eigenvalue weighted by atomic mass is 127. The maximum Gasteiger partial charge on any atom is 0.140 e. The van der Waals surface area contributed by atoms with Gasteiger partial charge in [0.25, 0.3) is 0 Å². The Morgan fingerprint density at radius 1 is 1.36 bits per heavy atom. The maximum absolute atomic E-state index is 5.83. The van der Waals surface area contributed by atoms with Crippen molar-refractivity contribution in [1.82, 2.24) is 9.97 Å². The van der Waals surface area contributed by atoms with E-state index in [1.807, 2.05) is 0 Å². The first kappa shape index (κ1) is 11.7. The van der Waals surface area contributed by atoms with E-state index >= 15 is 0 Å². The van der Waals surface area contributed by atoms with E-state index in [0.717, 1.165) is 27.9 Å². The number of halogens is 1. The van der Waals surface area contributed by atoms with Crippen LogP contribution in [0.1, 0.15) is 44.6 Å². The van der Waals surface area contributed by atoms with Crippen LogP contribution in [0.3, 0.4) is 0 Å². The molecule has 0 radical (unpaired) electrons. The van der Waals surface area contributed by atoms with Crippen LogP contribution in [0.4, 0.5) is 5.82 Å². The van der Waals surface area contributed by atoms with Crippen molar-refractivity contribution in [3.63, 3.8) is 0 Å². The molecule has 0 saturated heterocycles. The van der Waals surface area contributed by atoms with E-state index in [4.69, 9.17) is 5.73 Å². The topological polar surface area (TPSA) is 51.8 Å². The Bertz CT molecular complexity index is 323. The molecule has 0 aliphatic carbocycles. The van der Waals surface area contributed by atoms with Gasteiger partial charge in [0.1, 0.15) is 11.6 Å². The number of nitrogens with zero attached hydrogens (tertiary/aromatic N) is 2. The first-order valence-corrected chi connectivity index (χ1v) is 5.95. The fourth-order valence-corrected chi connectivity index (χ4v) is 1.70. The average Bonchev–Trinajstić information content (AvgIpc) is 2.12. The van der Waals surface area contributed by atoms with Crippen LogP contribution in [0.2, 0.25) is 0 Å². The van der Waals surface area contributed by atoms with E-state index in [1.54, 1.807) is 0 Å². The van der Waals surface area contributed by atoms with Crippen molar-refractivity contribution in [3.8, 4) is 0 Å². The van der Waals surface area contributed by atoms with Gasteiger partial charge in [0, 0.05) is 5.92 Å². The van der Waals surface area contributed by atoms with Gasteiger partial charge in [0.15, 0.2) is 0 Å². The van der Waals surface area contributed by atoms with E-state index in [2.05, 4.69) is 53.3 Å². The van der Waals surface area contributed by atoms with E-state index in [-0.39, 0.29) is 0 Å².